The van der Waals surface area contributed by atoms with E-state index in [-0.39, 0.29) is 23.0 Å². The lowest BCUT2D eigenvalue weighted by Crippen LogP contribution is -2.52. The van der Waals surface area contributed by atoms with Crippen molar-refractivity contribution in [2.45, 2.75) is 30.3 Å². The summed E-state index contributed by atoms with van der Waals surface area (Å²) in [6, 6.07) is 15.3. The molecule has 1 fully saturated rings. The van der Waals surface area contributed by atoms with Crippen molar-refractivity contribution in [2.24, 2.45) is 0 Å². The average Bonchev–Trinajstić information content (AvgIpc) is 2.93. The SMILES string of the molecule is COC(=O)c1ccc(CN(C2CCCN(C(=O)Nc3ccc(F)c(Cl)c3)C2)S(=O)(=O)c2ccc(Cl)cc2)cc1. The van der Waals surface area contributed by atoms with Gasteiger partial charge in [-0.05, 0) is 73.0 Å². The van der Waals surface area contributed by atoms with Crippen molar-refractivity contribution < 1.29 is 27.1 Å². The number of hydrogen-bond acceptors (Lipinski definition) is 5. The molecule has 1 heterocycles. The lowest BCUT2D eigenvalue weighted by atomic mass is 10.1. The maximum atomic E-state index is 13.8. The number of carbonyl (C=O) groups excluding carboxylic acids is 2. The molecule has 8 nitrogen and oxygen atoms in total. The number of likely N-dealkylation sites (tertiary alicyclic amines) is 1. The number of nitrogens with zero attached hydrogens (tertiary/aromatic N) is 2. The first kappa shape index (κ1) is 28.8. The summed E-state index contributed by atoms with van der Waals surface area (Å²) < 4.78 is 47.3. The summed E-state index contributed by atoms with van der Waals surface area (Å²) in [6.45, 7) is 0.563. The van der Waals surface area contributed by atoms with Gasteiger partial charge in [0.15, 0.2) is 0 Å². The molecule has 2 amide bonds. The number of amides is 2. The van der Waals surface area contributed by atoms with Crippen molar-refractivity contribution in [3.63, 3.8) is 0 Å². The number of urea groups is 1. The second-order valence-electron chi connectivity index (χ2n) is 8.99. The van der Waals surface area contributed by atoms with Gasteiger partial charge in [-0.1, -0.05) is 35.3 Å². The van der Waals surface area contributed by atoms with Crippen molar-refractivity contribution in [1.29, 1.82) is 0 Å². The van der Waals surface area contributed by atoms with E-state index in [0.29, 0.717) is 41.2 Å². The van der Waals surface area contributed by atoms with Crippen molar-refractivity contribution in [1.82, 2.24) is 9.21 Å². The Hall–Kier alpha value is -3.18. The van der Waals surface area contributed by atoms with E-state index in [1.54, 1.807) is 24.3 Å². The first-order valence-corrected chi connectivity index (χ1v) is 14.2. The van der Waals surface area contributed by atoms with E-state index in [0.717, 1.165) is 6.07 Å². The maximum absolute atomic E-state index is 13.8. The number of sulfonamides is 1. The highest BCUT2D eigenvalue weighted by Crippen LogP contribution is 2.28. The molecule has 12 heteroatoms. The van der Waals surface area contributed by atoms with Gasteiger partial charge < -0.3 is 15.0 Å². The van der Waals surface area contributed by atoms with E-state index >= 15 is 0 Å². The molecule has 39 heavy (non-hydrogen) atoms. The van der Waals surface area contributed by atoms with Crippen LogP contribution in [0.4, 0.5) is 14.9 Å². The van der Waals surface area contributed by atoms with Crippen LogP contribution in [0.1, 0.15) is 28.8 Å². The summed E-state index contributed by atoms with van der Waals surface area (Å²) in [4.78, 5) is 26.4. The highest BCUT2D eigenvalue weighted by molar-refractivity contribution is 7.89. The smallest absolute Gasteiger partial charge is 0.337 e. The Morgan fingerprint density at radius 2 is 1.77 bits per heavy atom. The third kappa shape index (κ3) is 6.88. The van der Waals surface area contributed by atoms with Crippen molar-refractivity contribution in [2.75, 3.05) is 25.5 Å². The average molecular weight is 594 g/mol. The normalized spacial score (nSPS) is 15.7. The number of esters is 1. The fourth-order valence-electron chi connectivity index (χ4n) is 4.35. The Morgan fingerprint density at radius 1 is 1.08 bits per heavy atom. The third-order valence-corrected chi connectivity index (χ3v) is 8.85. The van der Waals surface area contributed by atoms with Gasteiger partial charge in [0.2, 0.25) is 10.0 Å². The van der Waals surface area contributed by atoms with Crippen LogP contribution in [0.3, 0.4) is 0 Å². The minimum Gasteiger partial charge on any atom is -0.465 e. The van der Waals surface area contributed by atoms with E-state index in [9.17, 15) is 22.4 Å². The molecule has 1 aliphatic heterocycles. The van der Waals surface area contributed by atoms with Gasteiger partial charge in [-0.25, -0.2) is 22.4 Å². The van der Waals surface area contributed by atoms with Gasteiger partial charge in [-0.2, -0.15) is 4.31 Å². The fraction of sp³-hybridized carbons (Fsp3) is 0.259. The summed E-state index contributed by atoms with van der Waals surface area (Å²) in [6.07, 6.45) is 1.09. The molecule has 1 aliphatic rings. The van der Waals surface area contributed by atoms with Gasteiger partial charge >= 0.3 is 12.0 Å². The maximum Gasteiger partial charge on any atom is 0.337 e. The molecular weight excluding hydrogens is 568 g/mol. The first-order chi connectivity index (χ1) is 18.6. The van der Waals surface area contributed by atoms with Crippen LogP contribution < -0.4 is 5.32 Å². The van der Waals surface area contributed by atoms with Crippen molar-refractivity contribution >= 4 is 50.9 Å². The summed E-state index contributed by atoms with van der Waals surface area (Å²) >= 11 is 11.8. The lowest BCUT2D eigenvalue weighted by molar-refractivity contribution is 0.0600. The number of methoxy groups -OCH3 is 1. The molecular formula is C27H26Cl2FN3O5S. The molecule has 4 rings (SSSR count). The molecule has 1 N–H and O–H groups in total. The predicted molar refractivity (Wildman–Crippen MR) is 147 cm³/mol. The van der Waals surface area contributed by atoms with Crippen LogP contribution in [-0.4, -0.2) is 55.9 Å². The molecule has 1 unspecified atom stereocenters. The number of carbonyl (C=O) groups is 2. The van der Waals surface area contributed by atoms with Gasteiger partial charge in [0.25, 0.3) is 0 Å². The molecule has 1 saturated heterocycles. The van der Waals surface area contributed by atoms with E-state index in [1.165, 1.54) is 52.7 Å². The number of halogens is 3. The van der Waals surface area contributed by atoms with Gasteiger partial charge in [-0.3, -0.25) is 0 Å². The summed E-state index contributed by atoms with van der Waals surface area (Å²) in [5.41, 5.74) is 1.32. The van der Waals surface area contributed by atoms with Crippen LogP contribution in [0.25, 0.3) is 0 Å². The van der Waals surface area contributed by atoms with Crippen molar-refractivity contribution in [3.8, 4) is 0 Å². The van der Waals surface area contributed by atoms with Crippen LogP contribution in [0.2, 0.25) is 10.0 Å². The fourth-order valence-corrected chi connectivity index (χ4v) is 6.29. The molecule has 0 spiro atoms. The topological polar surface area (TPSA) is 96.0 Å². The molecule has 3 aromatic carbocycles. The van der Waals surface area contributed by atoms with Crippen LogP contribution in [-0.2, 0) is 21.3 Å². The minimum absolute atomic E-state index is 0.0140. The molecule has 0 saturated carbocycles. The Bertz CT molecular complexity index is 1450. The molecule has 206 valence electrons. The first-order valence-electron chi connectivity index (χ1n) is 12.0. The monoisotopic (exact) mass is 593 g/mol. The van der Waals surface area contributed by atoms with Crippen LogP contribution >= 0.6 is 23.2 Å². The largest absolute Gasteiger partial charge is 0.465 e. The highest BCUT2D eigenvalue weighted by atomic mass is 35.5. The Morgan fingerprint density at radius 3 is 2.41 bits per heavy atom. The second kappa shape index (κ2) is 12.3. The number of nitrogens with one attached hydrogen (secondary N) is 1. The van der Waals surface area contributed by atoms with Crippen LogP contribution in [0.15, 0.2) is 71.6 Å². The van der Waals surface area contributed by atoms with Gasteiger partial charge in [0.1, 0.15) is 5.82 Å². The molecule has 0 aromatic heterocycles. The van der Waals surface area contributed by atoms with Gasteiger partial charge in [0.05, 0.1) is 22.6 Å². The predicted octanol–water partition coefficient (Wildman–Crippen LogP) is 5.81. The van der Waals surface area contributed by atoms with Crippen LogP contribution in [0, 0.1) is 5.82 Å². The Kier molecular flexibility index (Phi) is 9.12. The zero-order chi connectivity index (χ0) is 28.2. The van der Waals surface area contributed by atoms with Crippen molar-refractivity contribution in [3.05, 3.63) is 93.7 Å². The van der Waals surface area contributed by atoms with E-state index in [1.807, 2.05) is 0 Å². The summed E-state index contributed by atoms with van der Waals surface area (Å²) in [7, 11) is -2.72. The molecule has 0 bridgehead atoms. The lowest BCUT2D eigenvalue weighted by Gasteiger charge is -2.38. The zero-order valence-corrected chi connectivity index (χ0v) is 23.3. The molecule has 0 aliphatic carbocycles. The number of rotatable bonds is 7. The number of hydrogen-bond donors (Lipinski definition) is 1. The summed E-state index contributed by atoms with van der Waals surface area (Å²) in [5.74, 6) is -1.10. The summed E-state index contributed by atoms with van der Waals surface area (Å²) in [5, 5.41) is 2.98. The van der Waals surface area contributed by atoms with Crippen LogP contribution in [0.5, 0.6) is 0 Å². The van der Waals surface area contributed by atoms with Gasteiger partial charge in [0, 0.05) is 36.4 Å². The standard InChI is InChI=1S/C27H26Cl2FN3O5S/c1-38-26(34)19-6-4-18(5-7-19)16-33(39(36,37)23-11-8-20(28)9-12-23)22-3-2-14-32(17-22)27(35)31-21-10-13-25(30)24(29)15-21/h4-13,15,22H,2-3,14,16-17H2,1H3,(H,31,35). The second-order valence-corrected chi connectivity index (χ2v) is 11.7. The number of benzene rings is 3. The Balaban J connectivity index is 1.60. The minimum atomic E-state index is -4.00. The third-order valence-electron chi connectivity index (χ3n) is 6.40. The van der Waals surface area contributed by atoms with E-state index in [4.69, 9.17) is 27.9 Å². The number of piperidine rings is 1. The quantitative estimate of drug-likeness (QED) is 0.349. The van der Waals surface area contributed by atoms with E-state index in [2.05, 4.69) is 5.32 Å². The van der Waals surface area contributed by atoms with E-state index < -0.39 is 33.9 Å². The van der Waals surface area contributed by atoms with Gasteiger partial charge in [-0.15, -0.1) is 0 Å². The number of anilines is 1. The highest BCUT2D eigenvalue weighted by Gasteiger charge is 2.36. The molecule has 3 aromatic rings. The Labute approximate surface area is 236 Å². The molecule has 1 atom stereocenters. The zero-order valence-electron chi connectivity index (χ0n) is 20.9. The number of ether oxygens (including phenoxy) is 1. The molecule has 0 radical (unpaired) electrons.